The van der Waals surface area contributed by atoms with Gasteiger partial charge in [-0.2, -0.15) is 0 Å². The van der Waals surface area contributed by atoms with Crippen molar-refractivity contribution in [3.63, 3.8) is 0 Å². The number of methoxy groups -OCH3 is 1. The van der Waals surface area contributed by atoms with Gasteiger partial charge in [-0.3, -0.25) is 4.79 Å². The first-order valence-electron chi connectivity index (χ1n) is 4.74. The molecule has 2 nitrogen and oxygen atoms in total. The Bertz CT molecular complexity index is 213. The number of carbonyl (C=O) groups excluding carboxylic acids is 1. The molecule has 1 aliphatic rings. The highest BCUT2D eigenvalue weighted by molar-refractivity contribution is 7.80. The molecule has 0 aromatic heterocycles. The summed E-state index contributed by atoms with van der Waals surface area (Å²) in [6.07, 6.45) is 3.56. The van der Waals surface area contributed by atoms with Crippen LogP contribution in [0.5, 0.6) is 0 Å². The molecule has 0 aromatic carbocycles. The van der Waals surface area contributed by atoms with Crippen molar-refractivity contribution in [2.45, 2.75) is 32.6 Å². The molecule has 2 atom stereocenters. The minimum absolute atomic E-state index is 0.240. The van der Waals surface area contributed by atoms with Crippen LogP contribution in [0.25, 0.3) is 0 Å². The van der Waals surface area contributed by atoms with Gasteiger partial charge in [-0.05, 0) is 31.0 Å². The van der Waals surface area contributed by atoms with Gasteiger partial charge < -0.3 is 4.74 Å². The van der Waals surface area contributed by atoms with E-state index in [-0.39, 0.29) is 5.92 Å². The fourth-order valence-electron chi connectivity index (χ4n) is 1.86. The second-order valence-corrected chi connectivity index (χ2v) is 4.11. The summed E-state index contributed by atoms with van der Waals surface area (Å²) in [5.74, 6) is 1.03. The van der Waals surface area contributed by atoms with Crippen LogP contribution in [0.4, 0.5) is 0 Å². The van der Waals surface area contributed by atoms with Gasteiger partial charge in [0.05, 0.1) is 7.11 Å². The number of ether oxygens (including phenoxy) is 1. The van der Waals surface area contributed by atoms with Crippen LogP contribution in [0.3, 0.4) is 0 Å². The summed E-state index contributed by atoms with van der Waals surface area (Å²) < 4.78 is 5.02. The van der Waals surface area contributed by atoms with Gasteiger partial charge in [0.25, 0.3) is 0 Å². The zero-order valence-corrected chi connectivity index (χ0v) is 9.02. The van der Waals surface area contributed by atoms with E-state index in [2.05, 4.69) is 6.92 Å². The Kier molecular flexibility index (Phi) is 3.85. The maximum atomic E-state index is 11.2. The van der Waals surface area contributed by atoms with Crippen molar-refractivity contribution in [3.05, 3.63) is 0 Å². The van der Waals surface area contributed by atoms with Crippen LogP contribution in [-0.2, 0) is 9.53 Å². The molecular formula is C10H16O2S. The van der Waals surface area contributed by atoms with Crippen LogP contribution in [0.1, 0.15) is 32.6 Å². The average molecular weight is 200 g/mol. The SMILES string of the molecule is COC(=S)C(C)C1CCCC(=O)C1. The molecule has 0 saturated heterocycles. The summed E-state index contributed by atoms with van der Waals surface area (Å²) in [5.41, 5.74) is 0. The number of Topliss-reactive ketones (excluding diaryl/α,β-unsaturated/α-hetero) is 1. The molecule has 0 N–H and O–H groups in total. The first kappa shape index (κ1) is 10.6. The van der Waals surface area contributed by atoms with Crippen molar-refractivity contribution in [1.29, 1.82) is 0 Å². The normalized spacial score (nSPS) is 25.4. The molecule has 0 bridgehead atoms. The lowest BCUT2D eigenvalue weighted by molar-refractivity contribution is -0.121. The van der Waals surface area contributed by atoms with Gasteiger partial charge in [-0.25, -0.2) is 0 Å². The molecule has 1 rings (SSSR count). The highest BCUT2D eigenvalue weighted by Gasteiger charge is 2.27. The summed E-state index contributed by atoms with van der Waals surface area (Å²) in [4.78, 5) is 11.2. The third-order valence-corrected chi connectivity index (χ3v) is 3.34. The Labute approximate surface area is 84.7 Å². The van der Waals surface area contributed by atoms with Crippen molar-refractivity contribution in [3.8, 4) is 0 Å². The van der Waals surface area contributed by atoms with Crippen molar-refractivity contribution in [1.82, 2.24) is 0 Å². The minimum Gasteiger partial charge on any atom is -0.490 e. The molecule has 1 fully saturated rings. The van der Waals surface area contributed by atoms with E-state index in [0.29, 0.717) is 23.2 Å². The monoisotopic (exact) mass is 200 g/mol. The Morgan fingerprint density at radius 2 is 2.38 bits per heavy atom. The number of ketones is 1. The first-order valence-corrected chi connectivity index (χ1v) is 5.15. The summed E-state index contributed by atoms with van der Waals surface area (Å²) in [7, 11) is 1.60. The van der Waals surface area contributed by atoms with Gasteiger partial charge in [-0.1, -0.05) is 6.92 Å². The van der Waals surface area contributed by atoms with Crippen molar-refractivity contribution < 1.29 is 9.53 Å². The lowest BCUT2D eigenvalue weighted by Gasteiger charge is -2.26. The summed E-state index contributed by atoms with van der Waals surface area (Å²) in [5, 5.41) is 0.639. The van der Waals surface area contributed by atoms with Gasteiger partial charge >= 0.3 is 0 Å². The van der Waals surface area contributed by atoms with Crippen LogP contribution in [0, 0.1) is 11.8 Å². The van der Waals surface area contributed by atoms with Crippen molar-refractivity contribution in [2.75, 3.05) is 7.11 Å². The number of rotatable bonds is 2. The first-order chi connectivity index (χ1) is 6.15. The molecular weight excluding hydrogens is 184 g/mol. The second-order valence-electron chi connectivity index (χ2n) is 3.71. The number of hydrogen-bond donors (Lipinski definition) is 0. The van der Waals surface area contributed by atoms with Crippen molar-refractivity contribution >= 4 is 23.1 Å². The molecule has 0 amide bonds. The molecule has 0 aromatic rings. The molecule has 0 heterocycles. The standard InChI is InChI=1S/C10H16O2S/c1-7(10(13)12-2)8-4-3-5-9(11)6-8/h7-8H,3-6H2,1-2H3. The fraction of sp³-hybridized carbons (Fsp3) is 0.800. The minimum atomic E-state index is 0.240. The summed E-state index contributed by atoms with van der Waals surface area (Å²) in [6.45, 7) is 2.05. The van der Waals surface area contributed by atoms with E-state index in [9.17, 15) is 4.79 Å². The molecule has 1 saturated carbocycles. The van der Waals surface area contributed by atoms with E-state index < -0.39 is 0 Å². The van der Waals surface area contributed by atoms with E-state index in [4.69, 9.17) is 17.0 Å². The molecule has 0 spiro atoms. The maximum absolute atomic E-state index is 11.2. The number of thiocarbonyl (C=S) groups is 1. The fourth-order valence-corrected chi connectivity index (χ4v) is 2.06. The zero-order chi connectivity index (χ0) is 9.84. The second kappa shape index (κ2) is 4.70. The largest absolute Gasteiger partial charge is 0.490 e. The van der Waals surface area contributed by atoms with Gasteiger partial charge in [-0.15, -0.1) is 0 Å². The zero-order valence-electron chi connectivity index (χ0n) is 8.21. The molecule has 0 radical (unpaired) electrons. The van der Waals surface area contributed by atoms with E-state index in [0.717, 1.165) is 19.3 Å². The Balaban J connectivity index is 2.50. The van der Waals surface area contributed by atoms with E-state index in [1.54, 1.807) is 7.11 Å². The van der Waals surface area contributed by atoms with Crippen LogP contribution < -0.4 is 0 Å². The molecule has 13 heavy (non-hydrogen) atoms. The smallest absolute Gasteiger partial charge is 0.162 e. The van der Waals surface area contributed by atoms with Gasteiger partial charge in [0.1, 0.15) is 5.78 Å². The van der Waals surface area contributed by atoms with Gasteiger partial charge in [0.15, 0.2) is 5.05 Å². The third-order valence-electron chi connectivity index (χ3n) is 2.80. The van der Waals surface area contributed by atoms with E-state index >= 15 is 0 Å². The van der Waals surface area contributed by atoms with Crippen LogP contribution in [0.15, 0.2) is 0 Å². The summed E-state index contributed by atoms with van der Waals surface area (Å²) >= 11 is 5.06. The molecule has 74 valence electrons. The molecule has 2 unspecified atom stereocenters. The topological polar surface area (TPSA) is 26.3 Å². The molecule has 0 aliphatic heterocycles. The van der Waals surface area contributed by atoms with Crippen molar-refractivity contribution in [2.24, 2.45) is 11.8 Å². The Morgan fingerprint density at radius 3 is 2.92 bits per heavy atom. The number of hydrogen-bond acceptors (Lipinski definition) is 3. The average Bonchev–Trinajstić information content (AvgIpc) is 2.15. The lowest BCUT2D eigenvalue weighted by Crippen LogP contribution is -2.26. The highest BCUT2D eigenvalue weighted by Crippen LogP contribution is 2.28. The van der Waals surface area contributed by atoms with E-state index in [1.165, 1.54) is 0 Å². The lowest BCUT2D eigenvalue weighted by atomic mass is 9.80. The van der Waals surface area contributed by atoms with Gasteiger partial charge in [0, 0.05) is 18.8 Å². The highest BCUT2D eigenvalue weighted by atomic mass is 32.1. The number of carbonyl (C=O) groups is 1. The molecule has 1 aliphatic carbocycles. The predicted molar refractivity (Wildman–Crippen MR) is 55.7 cm³/mol. The van der Waals surface area contributed by atoms with Crippen LogP contribution in [-0.4, -0.2) is 17.9 Å². The maximum Gasteiger partial charge on any atom is 0.162 e. The van der Waals surface area contributed by atoms with Gasteiger partial charge in [0.2, 0.25) is 0 Å². The predicted octanol–water partition coefficient (Wildman–Crippen LogP) is 2.36. The van der Waals surface area contributed by atoms with E-state index in [1.807, 2.05) is 0 Å². The Hall–Kier alpha value is -0.440. The molecule has 3 heteroatoms. The Morgan fingerprint density at radius 1 is 1.69 bits per heavy atom. The quantitative estimate of drug-likeness (QED) is 0.640. The third kappa shape index (κ3) is 2.76. The van der Waals surface area contributed by atoms with Crippen LogP contribution in [0.2, 0.25) is 0 Å². The summed E-state index contributed by atoms with van der Waals surface area (Å²) in [6, 6.07) is 0. The van der Waals surface area contributed by atoms with Crippen LogP contribution >= 0.6 is 12.2 Å².